The van der Waals surface area contributed by atoms with Gasteiger partial charge in [0.1, 0.15) is 0 Å². The Labute approximate surface area is 104 Å². The van der Waals surface area contributed by atoms with Crippen LogP contribution in [0.25, 0.3) is 10.2 Å². The Hall–Kier alpha value is -1.68. The second-order valence-electron chi connectivity index (χ2n) is 3.75. The van der Waals surface area contributed by atoms with Gasteiger partial charge in [-0.05, 0) is 32.1 Å². The maximum Gasteiger partial charge on any atom is 0.211 e. The number of thiazole rings is 1. The predicted octanol–water partition coefficient (Wildman–Crippen LogP) is 3.09. The minimum absolute atomic E-state index is 0.907. The highest BCUT2D eigenvalue weighted by Crippen LogP contribution is 2.14. The lowest BCUT2D eigenvalue weighted by molar-refractivity contribution is 0.888. The van der Waals surface area contributed by atoms with Gasteiger partial charge in [-0.3, -0.25) is 0 Å². The van der Waals surface area contributed by atoms with E-state index in [1.807, 2.05) is 45.2 Å². The number of aryl methyl sites for hydroxylation is 1. The van der Waals surface area contributed by atoms with Gasteiger partial charge in [-0.15, -0.1) is 5.10 Å². The first-order chi connectivity index (χ1) is 8.22. The quantitative estimate of drug-likeness (QED) is 0.575. The topological polar surface area (TPSA) is 29.6 Å². The van der Waals surface area contributed by atoms with E-state index < -0.39 is 0 Å². The van der Waals surface area contributed by atoms with Gasteiger partial charge in [0.2, 0.25) is 4.80 Å². The van der Waals surface area contributed by atoms with Crippen LogP contribution in [-0.4, -0.2) is 10.3 Å². The van der Waals surface area contributed by atoms with Crippen molar-refractivity contribution in [2.75, 3.05) is 0 Å². The van der Waals surface area contributed by atoms with E-state index in [-0.39, 0.29) is 0 Å². The Balaban J connectivity index is 2.53. The average Bonchev–Trinajstić information content (AvgIpc) is 2.65. The molecule has 0 unspecified atom stereocenters. The molecular weight excluding hydrogens is 230 g/mol. The van der Waals surface area contributed by atoms with Crippen molar-refractivity contribution >= 4 is 27.3 Å². The molecule has 1 heterocycles. The molecule has 88 valence electrons. The third kappa shape index (κ3) is 2.53. The fourth-order valence-corrected chi connectivity index (χ4v) is 2.54. The Bertz CT molecular complexity index is 644. The predicted molar refractivity (Wildman–Crippen MR) is 74.3 cm³/mol. The molecule has 1 aromatic heterocycles. The lowest BCUT2D eigenvalue weighted by atomic mass is 10.3. The molecule has 0 fully saturated rings. The lowest BCUT2D eigenvalue weighted by Crippen LogP contribution is -2.09. The fraction of sp³-hybridized carbons (Fsp3) is 0.231. The van der Waals surface area contributed by atoms with Crippen molar-refractivity contribution in [3.8, 4) is 0 Å². The van der Waals surface area contributed by atoms with Crippen LogP contribution in [-0.2, 0) is 7.05 Å². The van der Waals surface area contributed by atoms with Crippen LogP contribution in [0, 0.1) is 0 Å². The summed E-state index contributed by atoms with van der Waals surface area (Å²) in [6.45, 7) is 3.91. The number of hydrogen-bond donors (Lipinski definition) is 0. The summed E-state index contributed by atoms with van der Waals surface area (Å²) in [5.74, 6) is 0. The molecule has 0 aliphatic rings. The van der Waals surface area contributed by atoms with Gasteiger partial charge < -0.3 is 4.57 Å². The molecule has 0 radical (unpaired) electrons. The number of rotatable bonds is 2. The maximum atomic E-state index is 4.28. The molecule has 0 N–H and O–H groups in total. The zero-order chi connectivity index (χ0) is 12.3. The summed E-state index contributed by atoms with van der Waals surface area (Å²) in [4.78, 5) is 0.912. The summed E-state index contributed by atoms with van der Waals surface area (Å²) in [6, 6.07) is 8.26. The van der Waals surface area contributed by atoms with Crippen LogP contribution in [0.4, 0.5) is 0 Å². The van der Waals surface area contributed by atoms with E-state index in [0.29, 0.717) is 0 Å². The summed E-state index contributed by atoms with van der Waals surface area (Å²) in [5, 5.41) is 8.46. The van der Waals surface area contributed by atoms with Crippen LogP contribution < -0.4 is 4.80 Å². The number of para-hydroxylation sites is 1. The maximum absolute atomic E-state index is 4.28. The molecule has 17 heavy (non-hydrogen) atoms. The van der Waals surface area contributed by atoms with E-state index in [4.69, 9.17) is 0 Å². The largest absolute Gasteiger partial charge is 0.318 e. The minimum atomic E-state index is 0.907. The first-order valence-electron chi connectivity index (χ1n) is 5.48. The van der Waals surface area contributed by atoms with Crippen molar-refractivity contribution < 1.29 is 0 Å². The number of hydrogen-bond acceptors (Lipinski definition) is 3. The van der Waals surface area contributed by atoms with E-state index in [1.54, 1.807) is 11.3 Å². The van der Waals surface area contributed by atoms with E-state index in [9.17, 15) is 0 Å². The molecule has 0 atom stereocenters. The number of allylic oxidation sites excluding steroid dienone is 2. The second-order valence-corrected chi connectivity index (χ2v) is 4.76. The highest BCUT2D eigenvalue weighted by atomic mass is 32.1. The zero-order valence-electron chi connectivity index (χ0n) is 10.2. The van der Waals surface area contributed by atoms with Crippen molar-refractivity contribution in [2.45, 2.75) is 13.8 Å². The number of benzene rings is 1. The van der Waals surface area contributed by atoms with Gasteiger partial charge in [0, 0.05) is 7.05 Å². The highest BCUT2D eigenvalue weighted by Gasteiger charge is 2.00. The first kappa shape index (κ1) is 11.8. The molecule has 0 saturated carbocycles. The van der Waals surface area contributed by atoms with Crippen molar-refractivity contribution in [1.29, 1.82) is 0 Å². The molecule has 2 rings (SSSR count). The van der Waals surface area contributed by atoms with Gasteiger partial charge in [0.05, 0.1) is 15.9 Å². The number of fused-ring (bicyclic) bond motifs is 1. The smallest absolute Gasteiger partial charge is 0.211 e. The van der Waals surface area contributed by atoms with E-state index >= 15 is 0 Å². The van der Waals surface area contributed by atoms with Gasteiger partial charge in [-0.2, -0.15) is 5.10 Å². The Morgan fingerprint density at radius 3 is 2.82 bits per heavy atom. The summed E-state index contributed by atoms with van der Waals surface area (Å²) in [6.07, 6.45) is 3.90. The van der Waals surface area contributed by atoms with Crippen molar-refractivity contribution in [1.82, 2.24) is 4.57 Å². The van der Waals surface area contributed by atoms with Crippen LogP contribution in [0.15, 0.2) is 46.6 Å². The Morgan fingerprint density at radius 1 is 1.35 bits per heavy atom. The number of aromatic nitrogens is 1. The standard InChI is InChI=1S/C13H15N3S/c1-4-7-10(2)14-15-13-16(3)11-8-5-6-9-12(11)17-13/h4-9H,1-3H3/b7-4-,14-10+,15-13+. The van der Waals surface area contributed by atoms with Gasteiger partial charge in [0.25, 0.3) is 0 Å². The van der Waals surface area contributed by atoms with Gasteiger partial charge in [-0.1, -0.05) is 29.5 Å². The molecule has 2 aromatic rings. The molecule has 0 saturated heterocycles. The fourth-order valence-electron chi connectivity index (χ4n) is 1.57. The van der Waals surface area contributed by atoms with E-state index in [2.05, 4.69) is 26.9 Å². The van der Waals surface area contributed by atoms with Crippen LogP contribution in [0.5, 0.6) is 0 Å². The van der Waals surface area contributed by atoms with E-state index in [1.165, 1.54) is 10.2 Å². The van der Waals surface area contributed by atoms with Crippen molar-refractivity contribution in [2.24, 2.45) is 17.3 Å². The highest BCUT2D eigenvalue weighted by molar-refractivity contribution is 7.16. The van der Waals surface area contributed by atoms with Gasteiger partial charge in [0.15, 0.2) is 0 Å². The Morgan fingerprint density at radius 2 is 2.12 bits per heavy atom. The molecule has 0 amide bonds. The van der Waals surface area contributed by atoms with Gasteiger partial charge in [-0.25, -0.2) is 0 Å². The Kier molecular flexibility index (Phi) is 3.54. The molecule has 0 bridgehead atoms. The monoisotopic (exact) mass is 245 g/mol. The molecule has 0 spiro atoms. The second kappa shape index (κ2) is 5.10. The van der Waals surface area contributed by atoms with E-state index in [0.717, 1.165) is 10.5 Å². The third-order valence-electron chi connectivity index (χ3n) is 2.42. The SMILES string of the molecule is C\C=C/C(C)=N/N=c1/sc2ccccc2n1C. The van der Waals surface area contributed by atoms with Crippen molar-refractivity contribution in [3.63, 3.8) is 0 Å². The average molecular weight is 245 g/mol. The summed E-state index contributed by atoms with van der Waals surface area (Å²) in [5.41, 5.74) is 2.10. The molecule has 0 aliphatic heterocycles. The van der Waals surface area contributed by atoms with Crippen molar-refractivity contribution in [3.05, 3.63) is 41.2 Å². The molecule has 0 aliphatic carbocycles. The van der Waals surface area contributed by atoms with Crippen LogP contribution in [0.2, 0.25) is 0 Å². The zero-order valence-corrected chi connectivity index (χ0v) is 11.0. The molecular formula is C13H15N3S. The molecule has 1 aromatic carbocycles. The lowest BCUT2D eigenvalue weighted by Gasteiger charge is -1.92. The molecule has 3 nitrogen and oxygen atoms in total. The summed E-state index contributed by atoms with van der Waals surface area (Å²) in [7, 11) is 2.01. The van der Waals surface area contributed by atoms with Crippen LogP contribution >= 0.6 is 11.3 Å². The summed E-state index contributed by atoms with van der Waals surface area (Å²) >= 11 is 1.65. The van der Waals surface area contributed by atoms with Crippen LogP contribution in [0.1, 0.15) is 13.8 Å². The van der Waals surface area contributed by atoms with Gasteiger partial charge >= 0.3 is 0 Å². The minimum Gasteiger partial charge on any atom is -0.318 e. The molecule has 4 heteroatoms. The normalized spacial score (nSPS) is 14.1. The van der Waals surface area contributed by atoms with Crippen LogP contribution in [0.3, 0.4) is 0 Å². The third-order valence-corrected chi connectivity index (χ3v) is 3.52. The number of nitrogens with zero attached hydrogens (tertiary/aromatic N) is 3. The first-order valence-corrected chi connectivity index (χ1v) is 6.29. The summed E-state index contributed by atoms with van der Waals surface area (Å²) < 4.78 is 3.29.